The molecule has 2 heterocycles. The summed E-state index contributed by atoms with van der Waals surface area (Å²) in [4.78, 5) is 20.6. The summed E-state index contributed by atoms with van der Waals surface area (Å²) in [5.74, 6) is -0.522. The first-order chi connectivity index (χ1) is 12.0. The van der Waals surface area contributed by atoms with Gasteiger partial charge in [0.2, 0.25) is 0 Å². The van der Waals surface area contributed by atoms with E-state index in [9.17, 15) is 14.3 Å². The van der Waals surface area contributed by atoms with E-state index in [1.807, 2.05) is 6.92 Å². The van der Waals surface area contributed by atoms with Crippen molar-refractivity contribution in [2.75, 3.05) is 5.73 Å². The molecule has 138 valence electrons. The summed E-state index contributed by atoms with van der Waals surface area (Å²) in [6.45, 7) is 6.44. The summed E-state index contributed by atoms with van der Waals surface area (Å²) in [7, 11) is 0. The van der Waals surface area contributed by atoms with Gasteiger partial charge in [0, 0.05) is 17.2 Å². The smallest absolute Gasteiger partial charge is 0.254 e. The number of aromatic nitrogens is 3. The SMILES string of the molecule is CC1=C(n2c(N)c(C(N)=O)c3nc(C(C)(C)F)cnc32)C(C)CC=C1O. The molecule has 0 radical (unpaired) electrons. The summed E-state index contributed by atoms with van der Waals surface area (Å²) < 4.78 is 15.9. The number of carbonyl (C=O) groups excluding carboxylic acids is 1. The van der Waals surface area contributed by atoms with E-state index in [2.05, 4.69) is 9.97 Å². The summed E-state index contributed by atoms with van der Waals surface area (Å²) in [5, 5.41) is 10.1. The largest absolute Gasteiger partial charge is 0.508 e. The van der Waals surface area contributed by atoms with Gasteiger partial charge >= 0.3 is 0 Å². The third-order valence-electron chi connectivity index (χ3n) is 4.70. The van der Waals surface area contributed by atoms with Gasteiger partial charge in [0.25, 0.3) is 5.91 Å². The summed E-state index contributed by atoms with van der Waals surface area (Å²) in [6, 6.07) is 0. The molecule has 26 heavy (non-hydrogen) atoms. The lowest BCUT2D eigenvalue weighted by Gasteiger charge is -2.24. The second kappa shape index (κ2) is 5.82. The van der Waals surface area contributed by atoms with Crippen LogP contribution < -0.4 is 11.5 Å². The zero-order valence-electron chi connectivity index (χ0n) is 15.2. The second-order valence-corrected chi connectivity index (χ2v) is 7.10. The highest BCUT2D eigenvalue weighted by Crippen LogP contribution is 2.38. The topological polar surface area (TPSA) is 120 Å². The molecule has 1 unspecified atom stereocenters. The maximum absolute atomic E-state index is 14.3. The number of aliphatic hydroxyl groups excluding tert-OH is 1. The molecule has 5 N–H and O–H groups in total. The van der Waals surface area contributed by atoms with Crippen molar-refractivity contribution in [3.8, 4) is 0 Å². The molecule has 7 nitrogen and oxygen atoms in total. The molecular formula is C18H22FN5O2. The monoisotopic (exact) mass is 359 g/mol. The minimum Gasteiger partial charge on any atom is -0.508 e. The van der Waals surface area contributed by atoms with E-state index in [0.717, 1.165) is 0 Å². The van der Waals surface area contributed by atoms with Crippen molar-refractivity contribution < 1.29 is 14.3 Å². The first-order valence-corrected chi connectivity index (χ1v) is 8.30. The number of amides is 1. The molecule has 0 aliphatic heterocycles. The molecule has 1 atom stereocenters. The maximum atomic E-state index is 14.3. The predicted molar refractivity (Wildman–Crippen MR) is 98.0 cm³/mol. The predicted octanol–water partition coefficient (Wildman–Crippen LogP) is 3.03. The summed E-state index contributed by atoms with van der Waals surface area (Å²) in [6.07, 6.45) is 3.66. The Kier molecular flexibility index (Phi) is 4.01. The van der Waals surface area contributed by atoms with Gasteiger partial charge in [-0.3, -0.25) is 9.36 Å². The molecule has 2 aromatic heterocycles. The van der Waals surface area contributed by atoms with E-state index in [1.54, 1.807) is 17.6 Å². The van der Waals surface area contributed by atoms with Gasteiger partial charge in [-0.2, -0.15) is 0 Å². The van der Waals surface area contributed by atoms with E-state index in [4.69, 9.17) is 11.5 Å². The molecule has 0 aromatic carbocycles. The number of hydrogen-bond acceptors (Lipinski definition) is 5. The summed E-state index contributed by atoms with van der Waals surface area (Å²) in [5.41, 5.74) is 11.9. The molecule has 3 rings (SSSR count). The average molecular weight is 359 g/mol. The molecule has 8 heteroatoms. The number of rotatable bonds is 3. The van der Waals surface area contributed by atoms with Crippen molar-refractivity contribution in [3.63, 3.8) is 0 Å². The number of anilines is 1. The van der Waals surface area contributed by atoms with Gasteiger partial charge in [-0.1, -0.05) is 6.92 Å². The highest BCUT2D eigenvalue weighted by atomic mass is 19.1. The van der Waals surface area contributed by atoms with Gasteiger partial charge in [-0.15, -0.1) is 0 Å². The first-order valence-electron chi connectivity index (χ1n) is 8.30. The second-order valence-electron chi connectivity index (χ2n) is 7.10. The van der Waals surface area contributed by atoms with Gasteiger partial charge < -0.3 is 16.6 Å². The van der Waals surface area contributed by atoms with Crippen LogP contribution in [0.1, 0.15) is 50.2 Å². The Bertz CT molecular complexity index is 982. The molecule has 1 aliphatic carbocycles. The van der Waals surface area contributed by atoms with Crippen LogP contribution in [0.15, 0.2) is 23.6 Å². The van der Waals surface area contributed by atoms with Crippen LogP contribution in [0.2, 0.25) is 0 Å². The molecule has 1 amide bonds. The highest BCUT2D eigenvalue weighted by molar-refractivity contribution is 6.10. The van der Waals surface area contributed by atoms with E-state index >= 15 is 0 Å². The van der Waals surface area contributed by atoms with Crippen molar-refractivity contribution in [2.45, 2.75) is 39.8 Å². The van der Waals surface area contributed by atoms with Gasteiger partial charge in [-0.25, -0.2) is 14.4 Å². The molecular weight excluding hydrogens is 337 g/mol. The Labute approximate surface area is 150 Å². The minimum absolute atomic E-state index is 0.000132. The van der Waals surface area contributed by atoms with E-state index in [1.165, 1.54) is 20.0 Å². The van der Waals surface area contributed by atoms with E-state index in [0.29, 0.717) is 23.3 Å². The van der Waals surface area contributed by atoms with Crippen LogP contribution in [-0.4, -0.2) is 25.5 Å². The number of aliphatic hydroxyl groups is 1. The number of nitrogen functional groups attached to an aromatic ring is 1. The zero-order chi connectivity index (χ0) is 19.4. The van der Waals surface area contributed by atoms with Gasteiger partial charge in [0.1, 0.15) is 28.3 Å². The number of nitrogens with two attached hydrogens (primary N) is 2. The average Bonchev–Trinajstić information content (AvgIpc) is 2.82. The highest BCUT2D eigenvalue weighted by Gasteiger charge is 2.30. The quantitative estimate of drug-likeness (QED) is 0.778. The number of primary amides is 1. The maximum Gasteiger partial charge on any atom is 0.254 e. The lowest BCUT2D eigenvalue weighted by atomic mass is 9.93. The van der Waals surface area contributed by atoms with Crippen molar-refractivity contribution >= 4 is 28.6 Å². The Morgan fingerprint density at radius 3 is 2.69 bits per heavy atom. The van der Waals surface area contributed by atoms with Crippen molar-refractivity contribution in [1.29, 1.82) is 0 Å². The van der Waals surface area contributed by atoms with Crippen LogP contribution in [0.3, 0.4) is 0 Å². The van der Waals surface area contributed by atoms with Crippen LogP contribution >= 0.6 is 0 Å². The van der Waals surface area contributed by atoms with Crippen LogP contribution in [0.25, 0.3) is 16.9 Å². The van der Waals surface area contributed by atoms with Crippen LogP contribution in [0.4, 0.5) is 10.2 Å². The van der Waals surface area contributed by atoms with Crippen LogP contribution in [0, 0.1) is 5.92 Å². The number of hydrogen-bond donors (Lipinski definition) is 3. The standard InChI is InChI=1S/C18H22FN5O2/c1-8-5-6-10(25)9(2)14(8)24-15(20)12(16(21)26)13-17(24)22-7-11(23-13)18(3,4)19/h6-8,25H,5,20H2,1-4H3,(H2,21,26). The first kappa shape index (κ1) is 17.9. The fourth-order valence-corrected chi connectivity index (χ4v) is 3.28. The normalized spacial score (nSPS) is 18.3. The molecule has 2 aromatic rings. The van der Waals surface area contributed by atoms with Crippen LogP contribution in [0.5, 0.6) is 0 Å². The number of allylic oxidation sites excluding steroid dienone is 3. The lowest BCUT2D eigenvalue weighted by molar-refractivity contribution is 0.100. The lowest BCUT2D eigenvalue weighted by Crippen LogP contribution is -2.17. The van der Waals surface area contributed by atoms with Crippen molar-refractivity contribution in [3.05, 3.63) is 34.9 Å². The van der Waals surface area contributed by atoms with Gasteiger partial charge in [-0.05, 0) is 33.3 Å². The Balaban J connectivity index is 2.41. The molecule has 0 bridgehead atoms. The van der Waals surface area contributed by atoms with Crippen molar-refractivity contribution in [1.82, 2.24) is 14.5 Å². The van der Waals surface area contributed by atoms with E-state index < -0.39 is 11.6 Å². The molecule has 1 aliphatic rings. The molecule has 0 spiro atoms. The number of fused-ring (bicyclic) bond motifs is 1. The third-order valence-corrected chi connectivity index (χ3v) is 4.70. The zero-order valence-corrected chi connectivity index (χ0v) is 15.2. The van der Waals surface area contributed by atoms with Crippen molar-refractivity contribution in [2.24, 2.45) is 11.7 Å². The number of alkyl halides is 1. The Morgan fingerprint density at radius 2 is 2.12 bits per heavy atom. The van der Waals surface area contributed by atoms with E-state index in [-0.39, 0.29) is 34.3 Å². The molecule has 0 saturated carbocycles. The summed E-state index contributed by atoms with van der Waals surface area (Å²) >= 11 is 0. The third kappa shape index (κ3) is 2.61. The minimum atomic E-state index is -1.73. The Hall–Kier alpha value is -2.90. The van der Waals surface area contributed by atoms with Gasteiger partial charge in [0.15, 0.2) is 5.65 Å². The number of nitrogens with zero attached hydrogens (tertiary/aromatic N) is 3. The van der Waals surface area contributed by atoms with Gasteiger partial charge in [0.05, 0.1) is 11.9 Å². The number of carbonyl (C=O) groups is 1. The number of halogens is 1. The fraction of sp³-hybridized carbons (Fsp3) is 0.389. The molecule has 0 fully saturated rings. The molecule has 0 saturated heterocycles. The Morgan fingerprint density at radius 1 is 1.46 bits per heavy atom. The van der Waals surface area contributed by atoms with Crippen LogP contribution in [-0.2, 0) is 5.67 Å². The fourth-order valence-electron chi connectivity index (χ4n) is 3.28.